The quantitative estimate of drug-likeness (QED) is 0.713. The van der Waals surface area contributed by atoms with Crippen LogP contribution in [0.25, 0.3) is 0 Å². The van der Waals surface area contributed by atoms with Crippen LogP contribution < -0.4 is 19.5 Å². The van der Waals surface area contributed by atoms with Gasteiger partial charge < -0.3 is 19.5 Å². The first kappa shape index (κ1) is 20.6. The van der Waals surface area contributed by atoms with Crippen LogP contribution in [0.4, 0.5) is 5.69 Å². The Morgan fingerprint density at radius 1 is 1.10 bits per heavy atom. The van der Waals surface area contributed by atoms with E-state index in [4.69, 9.17) is 14.2 Å². The van der Waals surface area contributed by atoms with Crippen LogP contribution in [0.2, 0.25) is 0 Å². The Labute approximate surface area is 168 Å². The molecule has 1 amide bonds. The number of fused-ring (bicyclic) bond motifs is 1. The second-order valence-corrected chi connectivity index (χ2v) is 8.53. The van der Waals surface area contributed by atoms with E-state index in [0.29, 0.717) is 11.5 Å². The van der Waals surface area contributed by atoms with E-state index in [2.05, 4.69) is 5.32 Å². The molecule has 1 aliphatic heterocycles. The van der Waals surface area contributed by atoms with E-state index in [0.717, 1.165) is 4.31 Å². The monoisotopic (exact) mass is 420 g/mol. The Hall–Kier alpha value is -3.11. The molecule has 0 aromatic heterocycles. The summed E-state index contributed by atoms with van der Waals surface area (Å²) in [4.78, 5) is 24.6. The molecule has 29 heavy (non-hydrogen) atoms. The van der Waals surface area contributed by atoms with Gasteiger partial charge in [0.1, 0.15) is 10.6 Å². The van der Waals surface area contributed by atoms with Crippen LogP contribution in [0.15, 0.2) is 35.2 Å². The Morgan fingerprint density at radius 3 is 2.34 bits per heavy atom. The van der Waals surface area contributed by atoms with Crippen LogP contribution in [0, 0.1) is 0 Å². The van der Waals surface area contributed by atoms with Crippen molar-refractivity contribution in [1.29, 1.82) is 0 Å². The summed E-state index contributed by atoms with van der Waals surface area (Å²) in [6.45, 7) is 1.39. The van der Waals surface area contributed by atoms with E-state index in [9.17, 15) is 18.0 Å². The molecule has 0 saturated heterocycles. The predicted octanol–water partition coefficient (Wildman–Crippen LogP) is 2.13. The molecule has 154 valence electrons. The fourth-order valence-corrected chi connectivity index (χ4v) is 3.82. The lowest BCUT2D eigenvalue weighted by Crippen LogP contribution is -2.23. The maximum absolute atomic E-state index is 12.8. The molecule has 0 aliphatic carbocycles. The first-order valence-electron chi connectivity index (χ1n) is 8.51. The average molecular weight is 420 g/mol. The predicted molar refractivity (Wildman–Crippen MR) is 104 cm³/mol. The number of Topliss-reactive ketones (excluding diaryl/α,β-unsaturated/α-hetero) is 1. The van der Waals surface area contributed by atoms with Gasteiger partial charge in [0.25, 0.3) is 5.91 Å². The van der Waals surface area contributed by atoms with Crippen LogP contribution in [0.3, 0.4) is 0 Å². The summed E-state index contributed by atoms with van der Waals surface area (Å²) in [5.74, 6) is 0.0594. The van der Waals surface area contributed by atoms with Crippen molar-refractivity contribution in [3.05, 3.63) is 41.5 Å². The first-order valence-corrected chi connectivity index (χ1v) is 9.95. The van der Waals surface area contributed by atoms with Crippen LogP contribution in [-0.2, 0) is 10.0 Å². The van der Waals surface area contributed by atoms with Gasteiger partial charge in [-0.3, -0.25) is 9.59 Å². The number of ether oxygens (including phenoxy) is 3. The van der Waals surface area contributed by atoms with Crippen molar-refractivity contribution in [2.75, 3.05) is 33.3 Å². The molecule has 0 fully saturated rings. The van der Waals surface area contributed by atoms with Gasteiger partial charge in [0.2, 0.25) is 16.8 Å². The third-order valence-electron chi connectivity index (χ3n) is 4.32. The second-order valence-electron chi connectivity index (χ2n) is 6.41. The Balaban J connectivity index is 2.00. The molecular weight excluding hydrogens is 400 g/mol. The Morgan fingerprint density at radius 2 is 1.76 bits per heavy atom. The number of hydrogen-bond donors (Lipinski definition) is 1. The van der Waals surface area contributed by atoms with E-state index in [1.165, 1.54) is 58.5 Å². The van der Waals surface area contributed by atoms with Gasteiger partial charge in [-0.2, -0.15) is 0 Å². The maximum Gasteiger partial charge on any atom is 0.255 e. The minimum Gasteiger partial charge on any atom is -0.495 e. The zero-order valence-electron chi connectivity index (χ0n) is 16.3. The van der Waals surface area contributed by atoms with E-state index in [-0.39, 0.29) is 40.0 Å². The Kier molecular flexibility index (Phi) is 5.49. The topological polar surface area (TPSA) is 111 Å². The summed E-state index contributed by atoms with van der Waals surface area (Å²) >= 11 is 0. The molecule has 0 bridgehead atoms. The zero-order valence-corrected chi connectivity index (χ0v) is 17.1. The fourth-order valence-electron chi connectivity index (χ4n) is 2.75. The van der Waals surface area contributed by atoms with Gasteiger partial charge in [-0.05, 0) is 31.2 Å². The second kappa shape index (κ2) is 7.72. The molecule has 0 spiro atoms. The standard InChI is InChI=1S/C19H20N2O7S/c1-11(22)13-8-16-17(28-10-27-16)9-14(13)20-19(23)12-5-6-15(26-4)18(7-12)29(24,25)21(2)3/h5-9H,10H2,1-4H3,(H,20,23). The zero-order chi connectivity index (χ0) is 21.3. The number of anilines is 1. The molecule has 1 heterocycles. The molecule has 0 unspecified atom stereocenters. The molecule has 9 nitrogen and oxygen atoms in total. The van der Waals surface area contributed by atoms with Crippen molar-refractivity contribution in [1.82, 2.24) is 4.31 Å². The average Bonchev–Trinajstić information content (AvgIpc) is 3.13. The number of ketones is 1. The van der Waals surface area contributed by atoms with Gasteiger partial charge in [0.05, 0.1) is 12.8 Å². The smallest absolute Gasteiger partial charge is 0.255 e. The number of hydrogen-bond acceptors (Lipinski definition) is 7. The van der Waals surface area contributed by atoms with E-state index in [1.807, 2.05) is 0 Å². The Bertz CT molecular complexity index is 1090. The molecule has 3 rings (SSSR count). The summed E-state index contributed by atoms with van der Waals surface area (Å²) in [6, 6.07) is 7.05. The number of rotatable bonds is 6. The third kappa shape index (κ3) is 3.89. The van der Waals surface area contributed by atoms with Crippen LogP contribution in [-0.4, -0.2) is 52.4 Å². The highest BCUT2D eigenvalue weighted by Gasteiger charge is 2.25. The van der Waals surface area contributed by atoms with Crippen molar-refractivity contribution in [2.45, 2.75) is 11.8 Å². The summed E-state index contributed by atoms with van der Waals surface area (Å²) in [6.07, 6.45) is 0. The number of nitrogens with one attached hydrogen (secondary N) is 1. The third-order valence-corrected chi connectivity index (χ3v) is 6.16. The number of sulfonamides is 1. The molecule has 0 saturated carbocycles. The molecular formula is C19H20N2O7S. The minimum absolute atomic E-state index is 0.0221. The highest BCUT2D eigenvalue weighted by atomic mass is 32.2. The number of benzene rings is 2. The lowest BCUT2D eigenvalue weighted by molar-refractivity contribution is 0.101. The van der Waals surface area contributed by atoms with Gasteiger partial charge in [0.15, 0.2) is 17.3 Å². The maximum atomic E-state index is 12.8. The van der Waals surface area contributed by atoms with Gasteiger partial charge in [-0.25, -0.2) is 12.7 Å². The molecule has 2 aromatic rings. The number of amides is 1. The van der Waals surface area contributed by atoms with E-state index in [1.54, 1.807) is 0 Å². The summed E-state index contributed by atoms with van der Waals surface area (Å²) < 4.78 is 41.8. The largest absolute Gasteiger partial charge is 0.495 e. The van der Waals surface area contributed by atoms with Crippen molar-refractivity contribution in [3.8, 4) is 17.2 Å². The van der Waals surface area contributed by atoms with Crippen LogP contribution >= 0.6 is 0 Å². The summed E-state index contributed by atoms with van der Waals surface area (Å²) in [7, 11) is 0.267. The lowest BCUT2D eigenvalue weighted by Gasteiger charge is -2.16. The number of nitrogens with zero attached hydrogens (tertiary/aromatic N) is 1. The molecule has 1 aliphatic rings. The molecule has 0 radical (unpaired) electrons. The van der Waals surface area contributed by atoms with Crippen molar-refractivity contribution in [3.63, 3.8) is 0 Å². The van der Waals surface area contributed by atoms with Gasteiger partial charge in [0, 0.05) is 31.3 Å². The van der Waals surface area contributed by atoms with Crippen LogP contribution in [0.5, 0.6) is 17.2 Å². The van der Waals surface area contributed by atoms with Gasteiger partial charge in [-0.15, -0.1) is 0 Å². The lowest BCUT2D eigenvalue weighted by atomic mass is 10.1. The normalized spacial score (nSPS) is 12.7. The number of carbonyl (C=O) groups is 2. The minimum atomic E-state index is -3.84. The molecule has 2 aromatic carbocycles. The van der Waals surface area contributed by atoms with E-state index >= 15 is 0 Å². The highest BCUT2D eigenvalue weighted by molar-refractivity contribution is 7.89. The summed E-state index contributed by atoms with van der Waals surface area (Å²) in [5, 5.41) is 2.64. The van der Waals surface area contributed by atoms with Crippen molar-refractivity contribution < 1.29 is 32.2 Å². The molecule has 1 N–H and O–H groups in total. The van der Waals surface area contributed by atoms with Crippen molar-refractivity contribution >= 4 is 27.4 Å². The van der Waals surface area contributed by atoms with Gasteiger partial charge in [-0.1, -0.05) is 0 Å². The highest BCUT2D eigenvalue weighted by Crippen LogP contribution is 2.37. The molecule has 0 atom stereocenters. The molecule has 10 heteroatoms. The SMILES string of the molecule is COc1ccc(C(=O)Nc2cc3c(cc2C(C)=O)OCO3)cc1S(=O)(=O)N(C)C. The summed E-state index contributed by atoms with van der Waals surface area (Å²) in [5.41, 5.74) is 0.565. The van der Waals surface area contributed by atoms with Crippen LogP contribution in [0.1, 0.15) is 27.6 Å². The number of carbonyl (C=O) groups excluding carboxylic acids is 2. The van der Waals surface area contributed by atoms with Crippen molar-refractivity contribution in [2.24, 2.45) is 0 Å². The van der Waals surface area contributed by atoms with E-state index < -0.39 is 15.9 Å². The number of methoxy groups -OCH3 is 1. The van der Waals surface area contributed by atoms with Gasteiger partial charge >= 0.3 is 0 Å². The first-order chi connectivity index (χ1) is 13.6. The fraction of sp³-hybridized carbons (Fsp3) is 0.263.